The number of aryl methyl sites for hydroxylation is 1. The van der Waals surface area contributed by atoms with Crippen LogP contribution in [0.25, 0.3) is 10.9 Å². The molecule has 2 aliphatic heterocycles. The molecule has 170 valence electrons. The smallest absolute Gasteiger partial charge is 0.341 e. The Hall–Kier alpha value is -2.67. The van der Waals surface area contributed by atoms with Crippen LogP contribution in [-0.2, 0) is 11.4 Å². The van der Waals surface area contributed by atoms with E-state index in [-0.39, 0.29) is 17.7 Å². The molecule has 0 spiro atoms. The Labute approximate surface area is 175 Å². The van der Waals surface area contributed by atoms with Crippen molar-refractivity contribution < 1.29 is 27.9 Å². The molecule has 0 unspecified atom stereocenters. The normalized spacial score (nSPS) is 17.0. The number of benzene rings is 1. The zero-order valence-corrected chi connectivity index (χ0v) is 17.0. The summed E-state index contributed by atoms with van der Waals surface area (Å²) in [4.78, 5) is 31.7. The van der Waals surface area contributed by atoms with Gasteiger partial charge in [-0.25, -0.2) is 23.4 Å². The molecule has 0 radical (unpaired) electrons. The Bertz CT molecular complexity index is 997. The van der Waals surface area contributed by atoms with E-state index in [4.69, 9.17) is 5.11 Å². The summed E-state index contributed by atoms with van der Waals surface area (Å²) >= 11 is 0. The molecular formula is C19H24F3N5O4. The van der Waals surface area contributed by atoms with Gasteiger partial charge in [-0.1, -0.05) is 0 Å². The molecule has 0 aliphatic carbocycles. The van der Waals surface area contributed by atoms with E-state index in [1.807, 2.05) is 11.9 Å². The minimum atomic E-state index is -1.53. The van der Waals surface area contributed by atoms with Gasteiger partial charge in [0.05, 0.1) is 24.1 Å². The van der Waals surface area contributed by atoms with Gasteiger partial charge in [-0.2, -0.15) is 0 Å². The minimum absolute atomic E-state index is 0.277. The number of carboxylic acids is 1. The highest BCUT2D eigenvalue weighted by atomic mass is 19.1. The summed E-state index contributed by atoms with van der Waals surface area (Å²) in [6.45, 7) is 2.49. The number of carboxylic acid groups (broad SMARTS) is 1. The number of likely N-dealkylation sites (N-methyl/N-ethyl adjacent to an activating group) is 1. The first kappa shape index (κ1) is 23.0. The third kappa shape index (κ3) is 4.98. The third-order valence-corrected chi connectivity index (χ3v) is 5.08. The SMILES string of the molecule is C1CONN1.CN1CCN(c2c(F)cc3c(=O)c(C(=O)O)cn(CCF)c3c2F)CC1. The highest BCUT2D eigenvalue weighted by Gasteiger charge is 2.26. The fourth-order valence-electron chi connectivity index (χ4n) is 3.47. The van der Waals surface area contributed by atoms with Gasteiger partial charge in [-0.3, -0.25) is 9.63 Å². The number of rotatable bonds is 4. The Morgan fingerprint density at radius 1 is 1.26 bits per heavy atom. The number of aromatic nitrogens is 1. The van der Waals surface area contributed by atoms with E-state index in [1.165, 1.54) is 0 Å². The molecule has 31 heavy (non-hydrogen) atoms. The van der Waals surface area contributed by atoms with Gasteiger partial charge in [0, 0.05) is 38.9 Å². The first-order valence-electron chi connectivity index (χ1n) is 9.72. The van der Waals surface area contributed by atoms with Crippen molar-refractivity contribution in [2.75, 3.05) is 58.0 Å². The lowest BCUT2D eigenvalue weighted by atomic mass is 10.1. The number of piperazine rings is 1. The molecule has 0 saturated carbocycles. The van der Waals surface area contributed by atoms with Crippen LogP contribution in [0, 0.1) is 11.6 Å². The molecule has 9 nitrogen and oxygen atoms in total. The Balaban J connectivity index is 0.000000478. The first-order chi connectivity index (χ1) is 14.8. The zero-order chi connectivity index (χ0) is 22.5. The topological polar surface area (TPSA) is 99.1 Å². The predicted molar refractivity (Wildman–Crippen MR) is 108 cm³/mol. The summed E-state index contributed by atoms with van der Waals surface area (Å²) in [5.41, 5.74) is 3.01. The second kappa shape index (κ2) is 10.1. The Morgan fingerprint density at radius 3 is 2.48 bits per heavy atom. The maximum atomic E-state index is 15.2. The quantitative estimate of drug-likeness (QED) is 0.636. The van der Waals surface area contributed by atoms with Crippen molar-refractivity contribution in [3.8, 4) is 0 Å². The number of pyridine rings is 1. The van der Waals surface area contributed by atoms with Crippen molar-refractivity contribution >= 4 is 22.6 Å². The Morgan fingerprint density at radius 2 is 1.97 bits per heavy atom. The number of alkyl halides is 1. The average Bonchev–Trinajstić information content (AvgIpc) is 3.31. The van der Waals surface area contributed by atoms with Gasteiger partial charge >= 0.3 is 5.97 Å². The largest absolute Gasteiger partial charge is 0.477 e. The van der Waals surface area contributed by atoms with Crippen LogP contribution in [0.5, 0.6) is 0 Å². The number of aromatic carboxylic acids is 1. The second-order valence-electron chi connectivity index (χ2n) is 7.14. The van der Waals surface area contributed by atoms with Crippen molar-refractivity contribution in [3.63, 3.8) is 0 Å². The van der Waals surface area contributed by atoms with Gasteiger partial charge in [-0.15, -0.1) is 5.59 Å². The van der Waals surface area contributed by atoms with Crippen LogP contribution in [0.1, 0.15) is 10.4 Å². The second-order valence-corrected chi connectivity index (χ2v) is 7.14. The summed E-state index contributed by atoms with van der Waals surface area (Å²) in [7, 11) is 1.90. The maximum absolute atomic E-state index is 15.2. The molecule has 0 amide bonds. The fraction of sp³-hybridized carbons (Fsp3) is 0.474. The van der Waals surface area contributed by atoms with E-state index in [0.29, 0.717) is 26.2 Å². The molecule has 0 atom stereocenters. The van der Waals surface area contributed by atoms with Crippen LogP contribution in [0.2, 0.25) is 0 Å². The van der Waals surface area contributed by atoms with Crippen molar-refractivity contribution in [2.45, 2.75) is 6.54 Å². The molecule has 3 N–H and O–H groups in total. The molecule has 1 aromatic heterocycles. The van der Waals surface area contributed by atoms with Crippen LogP contribution in [0.3, 0.4) is 0 Å². The summed E-state index contributed by atoms with van der Waals surface area (Å²) in [5, 5.41) is 8.72. The van der Waals surface area contributed by atoms with E-state index >= 15 is 4.39 Å². The number of fused-ring (bicyclic) bond motifs is 1. The number of hydrogen-bond acceptors (Lipinski definition) is 7. The van der Waals surface area contributed by atoms with E-state index < -0.39 is 40.7 Å². The molecule has 4 rings (SSSR count). The summed E-state index contributed by atoms with van der Waals surface area (Å²) < 4.78 is 43.7. The van der Waals surface area contributed by atoms with E-state index in [1.54, 1.807) is 4.90 Å². The minimum Gasteiger partial charge on any atom is -0.477 e. The monoisotopic (exact) mass is 443 g/mol. The zero-order valence-electron chi connectivity index (χ0n) is 17.0. The lowest BCUT2D eigenvalue weighted by Gasteiger charge is -2.34. The molecule has 2 aliphatic rings. The van der Waals surface area contributed by atoms with Gasteiger partial charge in [0.15, 0.2) is 5.82 Å². The number of hydrazine groups is 1. The van der Waals surface area contributed by atoms with Crippen molar-refractivity contribution in [3.05, 3.63) is 39.7 Å². The summed E-state index contributed by atoms with van der Waals surface area (Å²) in [5.74, 6) is -3.45. The first-order valence-corrected chi connectivity index (χ1v) is 9.72. The summed E-state index contributed by atoms with van der Waals surface area (Å²) in [6, 6.07) is 0.843. The van der Waals surface area contributed by atoms with Crippen LogP contribution in [0.4, 0.5) is 18.9 Å². The lowest BCUT2D eigenvalue weighted by Crippen LogP contribution is -2.45. The van der Waals surface area contributed by atoms with Gasteiger partial charge in [0.25, 0.3) is 0 Å². The van der Waals surface area contributed by atoms with E-state index in [9.17, 15) is 18.4 Å². The number of nitrogens with one attached hydrogen (secondary N) is 2. The van der Waals surface area contributed by atoms with Crippen molar-refractivity contribution in [1.29, 1.82) is 0 Å². The van der Waals surface area contributed by atoms with Gasteiger partial charge in [0.1, 0.15) is 23.7 Å². The van der Waals surface area contributed by atoms with Gasteiger partial charge in [-0.05, 0) is 13.1 Å². The van der Waals surface area contributed by atoms with E-state index in [2.05, 4.69) is 15.9 Å². The van der Waals surface area contributed by atoms with Crippen LogP contribution in [0.15, 0.2) is 17.1 Å². The molecule has 2 aromatic rings. The fourth-order valence-corrected chi connectivity index (χ4v) is 3.47. The third-order valence-electron chi connectivity index (χ3n) is 5.08. The maximum Gasteiger partial charge on any atom is 0.341 e. The molecule has 0 bridgehead atoms. The average molecular weight is 443 g/mol. The number of carbonyl (C=O) groups is 1. The highest BCUT2D eigenvalue weighted by Crippen LogP contribution is 2.30. The van der Waals surface area contributed by atoms with Crippen LogP contribution >= 0.6 is 0 Å². The molecular weight excluding hydrogens is 419 g/mol. The number of hydrogen-bond donors (Lipinski definition) is 3. The number of halogens is 3. The molecule has 3 heterocycles. The Kier molecular flexibility index (Phi) is 7.49. The predicted octanol–water partition coefficient (Wildman–Crippen LogP) is 0.725. The molecule has 2 fully saturated rings. The number of nitrogens with zero attached hydrogens (tertiary/aromatic N) is 3. The van der Waals surface area contributed by atoms with Crippen LogP contribution < -0.4 is 21.3 Å². The van der Waals surface area contributed by atoms with Crippen molar-refractivity contribution in [1.82, 2.24) is 20.5 Å². The standard InChI is InChI=1S/C17H18F3N3O3.C2H6N2O/c1-21-4-6-22(7-5-21)15-12(19)8-10-14(13(15)20)23(3-2-18)9-11(16(10)24)17(25)26;1-2-5-4-3-1/h8-9H,2-7H2,1H3,(H,25,26);3-4H,1-2H2. The van der Waals surface area contributed by atoms with Crippen molar-refractivity contribution in [2.24, 2.45) is 0 Å². The lowest BCUT2D eigenvalue weighted by molar-refractivity contribution is 0.0694. The highest BCUT2D eigenvalue weighted by molar-refractivity contribution is 5.93. The van der Waals surface area contributed by atoms with Gasteiger partial charge in [0.2, 0.25) is 5.43 Å². The summed E-state index contributed by atoms with van der Waals surface area (Å²) in [6.07, 6.45) is 0.904. The number of anilines is 1. The van der Waals surface area contributed by atoms with Gasteiger partial charge < -0.3 is 19.5 Å². The molecule has 2 saturated heterocycles. The van der Waals surface area contributed by atoms with Crippen LogP contribution in [-0.4, -0.2) is 73.6 Å². The van der Waals surface area contributed by atoms with E-state index in [0.717, 1.165) is 30.0 Å². The molecule has 12 heteroatoms. The molecule has 1 aromatic carbocycles.